The van der Waals surface area contributed by atoms with Crippen LogP contribution in [-0.4, -0.2) is 31.9 Å². The van der Waals surface area contributed by atoms with Gasteiger partial charge in [0, 0.05) is 17.1 Å². The number of nitrogens with one attached hydrogen (secondary N) is 1. The fourth-order valence-corrected chi connectivity index (χ4v) is 1.61. The summed E-state index contributed by atoms with van der Waals surface area (Å²) in [6.45, 7) is 0.869. The molecule has 0 saturated carbocycles. The second kappa shape index (κ2) is 7.27. The van der Waals surface area contributed by atoms with Gasteiger partial charge in [-0.05, 0) is 24.5 Å². The summed E-state index contributed by atoms with van der Waals surface area (Å²) in [6, 6.07) is 7.67. The van der Waals surface area contributed by atoms with Crippen molar-refractivity contribution >= 4 is 23.4 Å². The lowest BCUT2D eigenvalue weighted by molar-refractivity contribution is -0.120. The van der Waals surface area contributed by atoms with Crippen molar-refractivity contribution in [2.45, 2.75) is 4.90 Å². The van der Waals surface area contributed by atoms with Crippen molar-refractivity contribution in [3.8, 4) is 0 Å². The predicted molar refractivity (Wildman–Crippen MR) is 66.7 cm³/mol. The van der Waals surface area contributed by atoms with Crippen LogP contribution >= 0.6 is 11.8 Å². The highest BCUT2D eigenvalue weighted by Crippen LogP contribution is 2.18. The minimum atomic E-state index is -0.160. The zero-order chi connectivity index (χ0) is 11.8. The number of nitrogens with two attached hydrogens (primary N) is 1. The van der Waals surface area contributed by atoms with E-state index in [2.05, 4.69) is 5.32 Å². The highest BCUT2D eigenvalue weighted by molar-refractivity contribution is 7.98. The van der Waals surface area contributed by atoms with Gasteiger partial charge in [-0.1, -0.05) is 6.07 Å². The van der Waals surface area contributed by atoms with E-state index in [1.165, 1.54) is 0 Å². The topological polar surface area (TPSA) is 64.3 Å². The zero-order valence-electron chi connectivity index (χ0n) is 9.23. The molecule has 0 atom stereocenters. The molecule has 0 heterocycles. The fourth-order valence-electron chi connectivity index (χ4n) is 1.15. The highest BCUT2D eigenvalue weighted by atomic mass is 32.2. The number of carbonyl (C=O) groups excluding carboxylic acids is 1. The lowest BCUT2D eigenvalue weighted by Crippen LogP contribution is -2.20. The van der Waals surface area contributed by atoms with Gasteiger partial charge in [-0.2, -0.15) is 0 Å². The Morgan fingerprint density at radius 2 is 2.38 bits per heavy atom. The fraction of sp³-hybridized carbons (Fsp3) is 0.364. The summed E-state index contributed by atoms with van der Waals surface area (Å²) in [5.41, 5.74) is 6.03. The zero-order valence-corrected chi connectivity index (χ0v) is 10.0. The van der Waals surface area contributed by atoms with Crippen LogP contribution < -0.4 is 11.1 Å². The molecule has 5 heteroatoms. The molecule has 88 valence electrons. The first-order valence-electron chi connectivity index (χ1n) is 4.98. The molecule has 1 aromatic carbocycles. The van der Waals surface area contributed by atoms with Gasteiger partial charge in [-0.25, -0.2) is 0 Å². The molecule has 0 aromatic heterocycles. The molecule has 16 heavy (non-hydrogen) atoms. The van der Waals surface area contributed by atoms with E-state index in [9.17, 15) is 4.79 Å². The molecule has 0 aliphatic rings. The molecule has 0 bridgehead atoms. The first kappa shape index (κ1) is 13.0. The van der Waals surface area contributed by atoms with E-state index in [0.29, 0.717) is 13.2 Å². The Labute approximate surface area is 99.5 Å². The summed E-state index contributed by atoms with van der Waals surface area (Å²) in [4.78, 5) is 12.5. The van der Waals surface area contributed by atoms with Crippen molar-refractivity contribution in [1.82, 2.24) is 0 Å². The second-order valence-electron chi connectivity index (χ2n) is 3.12. The number of ether oxygens (including phenoxy) is 1. The number of carbonyl (C=O) groups is 1. The Kier molecular flexibility index (Phi) is 5.92. The third-order valence-corrected chi connectivity index (χ3v) is 2.57. The number of amides is 1. The molecular formula is C11H16N2O2S. The third kappa shape index (κ3) is 4.65. The van der Waals surface area contributed by atoms with Gasteiger partial charge < -0.3 is 15.8 Å². The maximum Gasteiger partial charge on any atom is 0.250 e. The Balaban J connectivity index is 2.43. The van der Waals surface area contributed by atoms with Crippen molar-refractivity contribution in [2.24, 2.45) is 5.73 Å². The largest absolute Gasteiger partial charge is 0.370 e. The Hall–Kier alpha value is -1.04. The molecule has 1 aromatic rings. The van der Waals surface area contributed by atoms with Crippen LogP contribution in [0.5, 0.6) is 0 Å². The molecule has 1 rings (SSSR count). The first-order chi connectivity index (χ1) is 7.76. The number of thioether (sulfide) groups is 1. The minimum absolute atomic E-state index is 0.0424. The summed E-state index contributed by atoms with van der Waals surface area (Å²) in [6.07, 6.45) is 1.99. The van der Waals surface area contributed by atoms with Gasteiger partial charge in [-0.3, -0.25) is 4.79 Å². The number of hydrogen-bond donors (Lipinski definition) is 2. The molecule has 0 aliphatic carbocycles. The summed E-state index contributed by atoms with van der Waals surface area (Å²) in [5.74, 6) is -0.160. The molecule has 4 nitrogen and oxygen atoms in total. The smallest absolute Gasteiger partial charge is 0.250 e. The van der Waals surface area contributed by atoms with Crippen molar-refractivity contribution in [3.63, 3.8) is 0 Å². The van der Waals surface area contributed by atoms with Crippen molar-refractivity contribution in [1.29, 1.82) is 0 Å². The molecular weight excluding hydrogens is 224 g/mol. The lowest BCUT2D eigenvalue weighted by atomic mass is 10.3. The number of hydrogen-bond acceptors (Lipinski definition) is 4. The van der Waals surface area contributed by atoms with Gasteiger partial charge in [0.15, 0.2) is 0 Å². The van der Waals surface area contributed by atoms with Gasteiger partial charge in [0.1, 0.15) is 6.61 Å². The Bertz CT molecular complexity index is 345. The van der Waals surface area contributed by atoms with Crippen LogP contribution in [0.3, 0.4) is 0 Å². The van der Waals surface area contributed by atoms with Crippen molar-refractivity contribution < 1.29 is 9.53 Å². The summed E-state index contributed by atoms with van der Waals surface area (Å²) in [7, 11) is 0. The first-order valence-corrected chi connectivity index (χ1v) is 6.20. The molecule has 3 N–H and O–H groups in total. The average molecular weight is 240 g/mol. The van der Waals surface area contributed by atoms with E-state index in [1.807, 2.05) is 30.5 Å². The number of benzene rings is 1. The van der Waals surface area contributed by atoms with Crippen LogP contribution in [0, 0.1) is 0 Å². The van der Waals surface area contributed by atoms with Crippen LogP contribution in [0.25, 0.3) is 0 Å². The molecule has 0 aliphatic heterocycles. The van der Waals surface area contributed by atoms with Crippen LogP contribution in [0.15, 0.2) is 29.2 Å². The van der Waals surface area contributed by atoms with Gasteiger partial charge in [0.2, 0.25) is 5.91 Å². The quantitative estimate of drug-likeness (QED) is 0.581. The maximum atomic E-state index is 11.4. The standard InChI is InChI=1S/C11H16N2O2S/c1-16-10-4-2-3-9(7-10)13-11(14)8-15-6-5-12/h2-4,7H,5-6,8,12H2,1H3,(H,13,14). The van der Waals surface area contributed by atoms with E-state index in [-0.39, 0.29) is 12.5 Å². The Morgan fingerprint density at radius 3 is 3.06 bits per heavy atom. The van der Waals surface area contributed by atoms with Crippen LogP contribution in [0.1, 0.15) is 0 Å². The molecule has 1 amide bonds. The normalized spacial score (nSPS) is 10.1. The van der Waals surface area contributed by atoms with E-state index in [4.69, 9.17) is 10.5 Å². The number of anilines is 1. The van der Waals surface area contributed by atoms with Crippen molar-refractivity contribution in [2.75, 3.05) is 31.3 Å². The summed E-state index contributed by atoms with van der Waals surface area (Å²) >= 11 is 1.63. The van der Waals surface area contributed by atoms with Crippen LogP contribution in [-0.2, 0) is 9.53 Å². The maximum absolute atomic E-state index is 11.4. The second-order valence-corrected chi connectivity index (χ2v) is 4.00. The summed E-state index contributed by atoms with van der Waals surface area (Å²) in [5, 5.41) is 2.76. The predicted octanol–water partition coefficient (Wildman–Crippen LogP) is 1.32. The van der Waals surface area contributed by atoms with E-state index >= 15 is 0 Å². The van der Waals surface area contributed by atoms with E-state index in [1.54, 1.807) is 11.8 Å². The molecule has 0 spiro atoms. The average Bonchev–Trinajstić information content (AvgIpc) is 2.29. The molecule has 0 saturated heterocycles. The SMILES string of the molecule is CSc1cccc(NC(=O)COCCN)c1. The lowest BCUT2D eigenvalue weighted by Gasteiger charge is -2.06. The monoisotopic (exact) mass is 240 g/mol. The van der Waals surface area contributed by atoms with Gasteiger partial charge in [0.05, 0.1) is 6.61 Å². The molecule has 0 radical (unpaired) electrons. The molecule has 0 unspecified atom stereocenters. The minimum Gasteiger partial charge on any atom is -0.370 e. The third-order valence-electron chi connectivity index (χ3n) is 1.85. The molecule has 0 fully saturated rings. The number of rotatable bonds is 6. The Morgan fingerprint density at radius 1 is 1.56 bits per heavy atom. The van der Waals surface area contributed by atoms with E-state index < -0.39 is 0 Å². The van der Waals surface area contributed by atoms with Gasteiger partial charge in [0.25, 0.3) is 0 Å². The van der Waals surface area contributed by atoms with Crippen LogP contribution in [0.4, 0.5) is 5.69 Å². The van der Waals surface area contributed by atoms with Crippen LogP contribution in [0.2, 0.25) is 0 Å². The van der Waals surface area contributed by atoms with Gasteiger partial charge >= 0.3 is 0 Å². The van der Waals surface area contributed by atoms with Gasteiger partial charge in [-0.15, -0.1) is 11.8 Å². The van der Waals surface area contributed by atoms with E-state index in [0.717, 1.165) is 10.6 Å². The van der Waals surface area contributed by atoms with Crippen molar-refractivity contribution in [3.05, 3.63) is 24.3 Å². The summed E-state index contributed by atoms with van der Waals surface area (Å²) < 4.78 is 5.03. The highest BCUT2D eigenvalue weighted by Gasteiger charge is 2.02.